The van der Waals surface area contributed by atoms with Gasteiger partial charge in [-0.05, 0) is 55.9 Å². The number of aromatic nitrogens is 3. The number of benzene rings is 1. The average molecular weight is 338 g/mol. The van der Waals surface area contributed by atoms with Gasteiger partial charge in [-0.2, -0.15) is 10.1 Å². The Bertz CT molecular complexity index is 687. The zero-order chi connectivity index (χ0) is 17.1. The van der Waals surface area contributed by atoms with Crippen LogP contribution in [0.25, 0.3) is 0 Å². The van der Waals surface area contributed by atoms with Crippen LogP contribution in [-0.4, -0.2) is 41.4 Å². The molecule has 0 atom stereocenters. The summed E-state index contributed by atoms with van der Waals surface area (Å²) in [6, 6.07) is 8.57. The molecule has 0 amide bonds. The maximum absolute atomic E-state index is 4.65. The number of nitrogens with one attached hydrogen (secondary N) is 1. The normalized spacial score (nSPS) is 18.6. The highest BCUT2D eigenvalue weighted by Gasteiger charge is 2.18. The van der Waals surface area contributed by atoms with Crippen LogP contribution in [0, 0.1) is 5.92 Å². The predicted molar refractivity (Wildman–Crippen MR) is 102 cm³/mol. The maximum Gasteiger partial charge on any atom is 0.247 e. The van der Waals surface area contributed by atoms with Crippen LogP contribution in [-0.2, 0) is 0 Å². The average Bonchev–Trinajstić information content (AvgIpc) is 3.18. The van der Waals surface area contributed by atoms with E-state index >= 15 is 0 Å². The van der Waals surface area contributed by atoms with Crippen molar-refractivity contribution in [3.8, 4) is 0 Å². The highest BCUT2D eigenvalue weighted by atomic mass is 15.3. The lowest BCUT2D eigenvalue weighted by atomic mass is 10.00. The van der Waals surface area contributed by atoms with Gasteiger partial charge in [0.2, 0.25) is 5.95 Å². The molecular weight excluding hydrogens is 312 g/mol. The largest absolute Gasteiger partial charge is 0.372 e. The van der Waals surface area contributed by atoms with Gasteiger partial charge in [-0.25, -0.2) is 0 Å². The molecule has 0 unspecified atom stereocenters. The second-order valence-corrected chi connectivity index (χ2v) is 7.18. The number of piperidine rings is 1. The lowest BCUT2D eigenvalue weighted by molar-refractivity contribution is 0.433. The summed E-state index contributed by atoms with van der Waals surface area (Å²) in [6.45, 7) is 6.66. The van der Waals surface area contributed by atoms with Gasteiger partial charge in [0.15, 0.2) is 5.82 Å². The minimum atomic E-state index is 0.727. The second kappa shape index (κ2) is 7.25. The molecule has 2 aliphatic rings. The fraction of sp³-hybridized carbons (Fsp3) is 0.526. The van der Waals surface area contributed by atoms with Crippen LogP contribution in [0.4, 0.5) is 23.1 Å². The summed E-state index contributed by atoms with van der Waals surface area (Å²) in [5.74, 6) is 2.27. The lowest BCUT2D eigenvalue weighted by Gasteiger charge is -2.29. The smallest absolute Gasteiger partial charge is 0.247 e. The maximum atomic E-state index is 4.65. The van der Waals surface area contributed by atoms with Gasteiger partial charge in [0.25, 0.3) is 0 Å². The molecule has 0 aliphatic carbocycles. The third kappa shape index (κ3) is 3.83. The minimum absolute atomic E-state index is 0.727. The Morgan fingerprint density at radius 1 is 0.960 bits per heavy atom. The highest BCUT2D eigenvalue weighted by molar-refractivity contribution is 5.61. The van der Waals surface area contributed by atoms with E-state index in [0.717, 1.165) is 36.5 Å². The summed E-state index contributed by atoms with van der Waals surface area (Å²) in [7, 11) is 0. The number of hydrogen-bond acceptors (Lipinski definition) is 6. The summed E-state index contributed by atoms with van der Waals surface area (Å²) < 4.78 is 0. The first-order valence-electron chi connectivity index (χ1n) is 9.35. The fourth-order valence-electron chi connectivity index (χ4n) is 3.58. The van der Waals surface area contributed by atoms with Gasteiger partial charge in [0.1, 0.15) is 0 Å². The number of hydrogen-bond donors (Lipinski definition) is 1. The summed E-state index contributed by atoms with van der Waals surface area (Å²) >= 11 is 0. The first-order valence-corrected chi connectivity index (χ1v) is 9.35. The van der Waals surface area contributed by atoms with Crippen molar-refractivity contribution < 1.29 is 0 Å². The third-order valence-corrected chi connectivity index (χ3v) is 5.23. The van der Waals surface area contributed by atoms with Gasteiger partial charge in [0, 0.05) is 37.6 Å². The van der Waals surface area contributed by atoms with Crippen molar-refractivity contribution in [1.82, 2.24) is 15.2 Å². The molecule has 0 saturated carbocycles. The van der Waals surface area contributed by atoms with Crippen LogP contribution in [0.3, 0.4) is 0 Å². The molecule has 0 radical (unpaired) electrons. The van der Waals surface area contributed by atoms with Crippen molar-refractivity contribution in [3.63, 3.8) is 0 Å². The number of anilines is 4. The zero-order valence-electron chi connectivity index (χ0n) is 14.9. The first kappa shape index (κ1) is 16.1. The molecular formula is C19H26N6. The number of nitrogens with zero attached hydrogens (tertiary/aromatic N) is 5. The van der Waals surface area contributed by atoms with E-state index < -0.39 is 0 Å². The van der Waals surface area contributed by atoms with Crippen molar-refractivity contribution in [1.29, 1.82) is 0 Å². The third-order valence-electron chi connectivity index (χ3n) is 5.23. The minimum Gasteiger partial charge on any atom is -0.372 e. The molecule has 3 heterocycles. The van der Waals surface area contributed by atoms with Gasteiger partial charge in [0.05, 0.1) is 6.20 Å². The summed E-state index contributed by atoms with van der Waals surface area (Å²) in [6.07, 6.45) is 6.66. The van der Waals surface area contributed by atoms with Crippen LogP contribution < -0.4 is 15.1 Å². The van der Waals surface area contributed by atoms with Gasteiger partial charge in [-0.1, -0.05) is 6.92 Å². The molecule has 1 aromatic carbocycles. The molecule has 6 nitrogen and oxygen atoms in total. The molecule has 25 heavy (non-hydrogen) atoms. The first-order chi connectivity index (χ1) is 12.3. The lowest BCUT2D eigenvalue weighted by Crippen LogP contribution is -2.34. The summed E-state index contributed by atoms with van der Waals surface area (Å²) in [4.78, 5) is 9.31. The van der Waals surface area contributed by atoms with Crippen molar-refractivity contribution in [2.24, 2.45) is 5.92 Å². The van der Waals surface area contributed by atoms with Crippen molar-refractivity contribution in [2.75, 3.05) is 41.3 Å². The Morgan fingerprint density at radius 3 is 2.40 bits per heavy atom. The Balaban J connectivity index is 1.43. The van der Waals surface area contributed by atoms with Crippen molar-refractivity contribution in [2.45, 2.75) is 32.6 Å². The van der Waals surface area contributed by atoms with E-state index in [1.54, 1.807) is 6.20 Å². The van der Waals surface area contributed by atoms with E-state index in [0.29, 0.717) is 0 Å². The monoisotopic (exact) mass is 338 g/mol. The molecule has 0 bridgehead atoms. The van der Waals surface area contributed by atoms with Gasteiger partial charge in [-0.15, -0.1) is 5.10 Å². The molecule has 0 spiro atoms. The molecule has 2 fully saturated rings. The van der Waals surface area contributed by atoms with Gasteiger partial charge in [-0.3, -0.25) is 0 Å². The van der Waals surface area contributed by atoms with Gasteiger partial charge >= 0.3 is 0 Å². The molecule has 4 rings (SSSR count). The van der Waals surface area contributed by atoms with E-state index in [-0.39, 0.29) is 0 Å². The van der Waals surface area contributed by atoms with Crippen LogP contribution >= 0.6 is 0 Å². The van der Waals surface area contributed by atoms with E-state index in [1.165, 1.54) is 44.5 Å². The Kier molecular flexibility index (Phi) is 4.68. The SMILES string of the molecule is CC1CCN(c2nncc(Nc3ccc(N4CCCC4)cc3)n2)CC1. The van der Waals surface area contributed by atoms with E-state index in [4.69, 9.17) is 0 Å². The van der Waals surface area contributed by atoms with Crippen molar-refractivity contribution in [3.05, 3.63) is 30.5 Å². The Hall–Kier alpha value is -2.37. The van der Waals surface area contributed by atoms with E-state index in [2.05, 4.69) is 61.5 Å². The quantitative estimate of drug-likeness (QED) is 0.921. The molecule has 1 aromatic heterocycles. The topological polar surface area (TPSA) is 57.2 Å². The fourth-order valence-corrected chi connectivity index (χ4v) is 3.58. The van der Waals surface area contributed by atoms with Crippen LogP contribution in [0.1, 0.15) is 32.6 Å². The van der Waals surface area contributed by atoms with E-state index in [9.17, 15) is 0 Å². The molecule has 132 valence electrons. The predicted octanol–water partition coefficient (Wildman–Crippen LogP) is 3.45. The van der Waals surface area contributed by atoms with Gasteiger partial charge < -0.3 is 15.1 Å². The molecule has 2 aromatic rings. The van der Waals surface area contributed by atoms with E-state index in [1.807, 2.05) is 0 Å². The summed E-state index contributed by atoms with van der Waals surface area (Å²) in [5, 5.41) is 11.7. The van der Waals surface area contributed by atoms with Crippen molar-refractivity contribution >= 4 is 23.1 Å². The summed E-state index contributed by atoms with van der Waals surface area (Å²) in [5.41, 5.74) is 2.33. The molecule has 2 saturated heterocycles. The Morgan fingerprint density at radius 2 is 1.68 bits per heavy atom. The zero-order valence-corrected chi connectivity index (χ0v) is 14.9. The number of rotatable bonds is 4. The standard InChI is InChI=1S/C19H26N6/c1-15-8-12-25(13-9-15)19-22-18(14-20-23-19)21-16-4-6-17(7-5-16)24-10-2-3-11-24/h4-7,14-15H,2-3,8-13H2,1H3,(H,21,22,23). The molecule has 1 N–H and O–H groups in total. The second-order valence-electron chi connectivity index (χ2n) is 7.18. The Labute approximate surface area is 149 Å². The van der Waals surface area contributed by atoms with Crippen LogP contribution in [0.2, 0.25) is 0 Å². The molecule has 2 aliphatic heterocycles. The molecule has 6 heteroatoms. The van der Waals surface area contributed by atoms with Crippen LogP contribution in [0.5, 0.6) is 0 Å². The highest BCUT2D eigenvalue weighted by Crippen LogP contribution is 2.24. The van der Waals surface area contributed by atoms with Crippen LogP contribution in [0.15, 0.2) is 30.5 Å².